The van der Waals surface area contributed by atoms with Gasteiger partial charge in [-0.3, -0.25) is 0 Å². The Bertz CT molecular complexity index is 477. The number of hydrogen-bond acceptors (Lipinski definition) is 3. The van der Waals surface area contributed by atoms with Crippen LogP contribution < -0.4 is 4.90 Å². The van der Waals surface area contributed by atoms with Crippen LogP contribution in [0.2, 0.25) is 0 Å². The lowest BCUT2D eigenvalue weighted by atomic mass is 10.3. The van der Waals surface area contributed by atoms with Crippen molar-refractivity contribution in [2.75, 3.05) is 18.5 Å². The highest BCUT2D eigenvalue weighted by molar-refractivity contribution is 8.01. The maximum absolute atomic E-state index is 11.2. The molecule has 0 unspecified atom stereocenters. The second kappa shape index (κ2) is 2.97. The van der Waals surface area contributed by atoms with Crippen molar-refractivity contribution < 1.29 is 9.90 Å². The Labute approximate surface area is 98.2 Å². The SMILES string of the molecule is CN1CC2(CC2)Sc2c1cn(C)c2C(=O)O. The highest BCUT2D eigenvalue weighted by atomic mass is 32.2. The van der Waals surface area contributed by atoms with E-state index in [1.165, 1.54) is 12.8 Å². The fourth-order valence-electron chi connectivity index (χ4n) is 2.37. The standard InChI is InChI=1S/C11H14N2O2S/c1-12-5-7-9(8(12)10(14)15)16-11(3-4-11)6-13(7)2/h5H,3-4,6H2,1-2H3,(H,14,15). The lowest BCUT2D eigenvalue weighted by Gasteiger charge is -2.31. The van der Waals surface area contributed by atoms with Gasteiger partial charge in [0.15, 0.2) is 0 Å². The van der Waals surface area contributed by atoms with Gasteiger partial charge in [-0.2, -0.15) is 0 Å². The van der Waals surface area contributed by atoms with Crippen molar-refractivity contribution in [2.24, 2.45) is 7.05 Å². The summed E-state index contributed by atoms with van der Waals surface area (Å²) in [5.74, 6) is -0.831. The molecule has 0 aromatic carbocycles. The van der Waals surface area contributed by atoms with E-state index in [-0.39, 0.29) is 0 Å². The molecule has 0 atom stereocenters. The first-order valence-electron chi connectivity index (χ1n) is 5.35. The molecule has 5 heteroatoms. The zero-order valence-electron chi connectivity index (χ0n) is 9.36. The summed E-state index contributed by atoms with van der Waals surface area (Å²) in [7, 11) is 3.85. The quantitative estimate of drug-likeness (QED) is 0.810. The Morgan fingerprint density at radius 3 is 2.75 bits per heavy atom. The minimum atomic E-state index is -0.831. The largest absolute Gasteiger partial charge is 0.477 e. The van der Waals surface area contributed by atoms with E-state index in [4.69, 9.17) is 0 Å². The van der Waals surface area contributed by atoms with E-state index >= 15 is 0 Å². The third kappa shape index (κ3) is 1.27. The molecule has 2 heterocycles. The molecule has 1 aliphatic carbocycles. The molecule has 0 amide bonds. The van der Waals surface area contributed by atoms with Gasteiger partial charge in [0, 0.05) is 31.6 Å². The fraction of sp³-hybridized carbons (Fsp3) is 0.545. The predicted molar refractivity (Wildman–Crippen MR) is 63.5 cm³/mol. The molecule has 0 bridgehead atoms. The summed E-state index contributed by atoms with van der Waals surface area (Å²) in [6, 6.07) is 0. The summed E-state index contributed by atoms with van der Waals surface area (Å²) in [6.07, 6.45) is 4.33. The molecule has 1 aromatic heterocycles. The highest BCUT2D eigenvalue weighted by Gasteiger charge is 2.49. The van der Waals surface area contributed by atoms with Crippen molar-refractivity contribution in [3.8, 4) is 0 Å². The zero-order chi connectivity index (χ0) is 11.5. The number of aryl methyl sites for hydroxylation is 1. The summed E-state index contributed by atoms with van der Waals surface area (Å²) < 4.78 is 2.02. The van der Waals surface area contributed by atoms with E-state index < -0.39 is 5.97 Å². The van der Waals surface area contributed by atoms with Crippen molar-refractivity contribution in [1.29, 1.82) is 0 Å². The van der Waals surface area contributed by atoms with Gasteiger partial charge >= 0.3 is 5.97 Å². The molecule has 1 aliphatic heterocycles. The third-order valence-electron chi connectivity index (χ3n) is 3.38. The highest BCUT2D eigenvalue weighted by Crippen LogP contribution is 2.58. The van der Waals surface area contributed by atoms with E-state index in [0.717, 1.165) is 17.1 Å². The Morgan fingerprint density at radius 1 is 1.50 bits per heavy atom. The second-order valence-corrected chi connectivity index (χ2v) is 6.23. The maximum atomic E-state index is 11.2. The van der Waals surface area contributed by atoms with Crippen molar-refractivity contribution in [2.45, 2.75) is 22.5 Å². The molecular weight excluding hydrogens is 224 g/mol. The van der Waals surface area contributed by atoms with Crippen LogP contribution in [0.3, 0.4) is 0 Å². The number of carboxylic acids is 1. The van der Waals surface area contributed by atoms with Gasteiger partial charge in [0.2, 0.25) is 0 Å². The number of carbonyl (C=O) groups is 1. The minimum Gasteiger partial charge on any atom is -0.477 e. The molecule has 1 aromatic rings. The number of hydrogen-bond donors (Lipinski definition) is 1. The van der Waals surface area contributed by atoms with Crippen molar-refractivity contribution in [3.05, 3.63) is 11.9 Å². The molecule has 16 heavy (non-hydrogen) atoms. The van der Waals surface area contributed by atoms with E-state index in [1.807, 2.05) is 13.2 Å². The van der Waals surface area contributed by atoms with Crippen LogP contribution in [-0.2, 0) is 7.05 Å². The number of aromatic nitrogens is 1. The van der Waals surface area contributed by atoms with Crippen LogP contribution in [0, 0.1) is 0 Å². The average molecular weight is 238 g/mol. The van der Waals surface area contributed by atoms with Gasteiger partial charge in [-0.25, -0.2) is 4.79 Å². The minimum absolute atomic E-state index is 0.299. The van der Waals surface area contributed by atoms with Crippen molar-refractivity contribution in [1.82, 2.24) is 4.57 Å². The van der Waals surface area contributed by atoms with Crippen LogP contribution in [-0.4, -0.2) is 34.0 Å². The summed E-state index contributed by atoms with van der Waals surface area (Å²) in [6.45, 7) is 1.04. The number of rotatable bonds is 1. The van der Waals surface area contributed by atoms with E-state index in [2.05, 4.69) is 4.90 Å². The van der Waals surface area contributed by atoms with Gasteiger partial charge in [0.1, 0.15) is 5.69 Å². The van der Waals surface area contributed by atoms with Crippen LogP contribution in [0.4, 0.5) is 5.69 Å². The van der Waals surface area contributed by atoms with Crippen molar-refractivity contribution in [3.63, 3.8) is 0 Å². The molecule has 3 rings (SSSR count). The molecular formula is C11H14N2O2S. The first kappa shape index (κ1) is 10.1. The maximum Gasteiger partial charge on any atom is 0.353 e. The van der Waals surface area contributed by atoms with Crippen LogP contribution in [0.1, 0.15) is 23.3 Å². The lowest BCUT2D eigenvalue weighted by Crippen LogP contribution is -2.32. The summed E-state index contributed by atoms with van der Waals surface area (Å²) >= 11 is 1.76. The Balaban J connectivity index is 2.14. The monoisotopic (exact) mass is 238 g/mol. The summed E-state index contributed by atoms with van der Waals surface area (Å²) in [5.41, 5.74) is 1.49. The van der Waals surface area contributed by atoms with E-state index in [0.29, 0.717) is 10.4 Å². The molecule has 1 saturated carbocycles. The zero-order valence-corrected chi connectivity index (χ0v) is 10.2. The molecule has 4 nitrogen and oxygen atoms in total. The average Bonchev–Trinajstić information content (AvgIpc) is 2.80. The topological polar surface area (TPSA) is 45.5 Å². The molecule has 1 N–H and O–H groups in total. The number of anilines is 1. The Kier molecular flexibility index (Phi) is 1.87. The molecule has 2 aliphatic rings. The molecule has 1 fully saturated rings. The number of carboxylic acid groups (broad SMARTS) is 1. The van der Waals surface area contributed by atoms with Crippen LogP contribution in [0.25, 0.3) is 0 Å². The first-order valence-corrected chi connectivity index (χ1v) is 6.17. The van der Waals surface area contributed by atoms with Gasteiger partial charge in [0.25, 0.3) is 0 Å². The van der Waals surface area contributed by atoms with E-state index in [1.54, 1.807) is 23.4 Å². The molecule has 0 radical (unpaired) electrons. The van der Waals surface area contributed by atoms with Crippen LogP contribution >= 0.6 is 11.8 Å². The normalized spacial score (nSPS) is 21.0. The molecule has 1 spiro atoms. The van der Waals surface area contributed by atoms with Gasteiger partial charge in [-0.1, -0.05) is 0 Å². The molecule has 0 saturated heterocycles. The second-order valence-electron chi connectivity index (χ2n) is 4.75. The van der Waals surface area contributed by atoms with Gasteiger partial charge < -0.3 is 14.6 Å². The smallest absolute Gasteiger partial charge is 0.353 e. The third-order valence-corrected chi connectivity index (χ3v) is 4.96. The van der Waals surface area contributed by atoms with E-state index in [9.17, 15) is 9.90 Å². The van der Waals surface area contributed by atoms with Crippen molar-refractivity contribution >= 4 is 23.4 Å². The summed E-state index contributed by atoms with van der Waals surface area (Å²) in [5, 5.41) is 9.23. The van der Waals surface area contributed by atoms with Gasteiger partial charge in [-0.05, 0) is 12.8 Å². The fourth-order valence-corrected chi connectivity index (χ4v) is 4.01. The first-order chi connectivity index (χ1) is 7.52. The lowest BCUT2D eigenvalue weighted by molar-refractivity contribution is 0.0682. The van der Waals surface area contributed by atoms with Crippen LogP contribution in [0.15, 0.2) is 11.1 Å². The Hall–Kier alpha value is -1.10. The molecule has 86 valence electrons. The predicted octanol–water partition coefficient (Wildman–Crippen LogP) is 1.80. The Morgan fingerprint density at radius 2 is 2.19 bits per heavy atom. The van der Waals surface area contributed by atoms with Gasteiger partial charge in [-0.15, -0.1) is 11.8 Å². The van der Waals surface area contributed by atoms with Crippen LogP contribution in [0.5, 0.6) is 0 Å². The number of fused-ring (bicyclic) bond motifs is 1. The number of nitrogens with zero attached hydrogens (tertiary/aromatic N) is 2. The van der Waals surface area contributed by atoms with Gasteiger partial charge in [0.05, 0.1) is 10.6 Å². The summed E-state index contributed by atoms with van der Waals surface area (Å²) in [4.78, 5) is 14.4. The number of aromatic carboxylic acids is 1. The number of thioether (sulfide) groups is 1.